The number of methoxy groups -OCH3 is 1. The van der Waals surface area contributed by atoms with Gasteiger partial charge in [-0.3, -0.25) is 9.48 Å². The molecule has 0 spiro atoms. The van der Waals surface area contributed by atoms with Crippen molar-refractivity contribution in [1.82, 2.24) is 20.3 Å². The molecule has 1 saturated heterocycles. The van der Waals surface area contributed by atoms with Gasteiger partial charge in [-0.25, -0.2) is 0 Å². The van der Waals surface area contributed by atoms with Crippen LogP contribution in [-0.2, 0) is 11.8 Å². The largest absolute Gasteiger partial charge is 0.479 e. The number of carbonyl (C=O) groups excluding carboxylic acids is 1. The van der Waals surface area contributed by atoms with Crippen molar-refractivity contribution in [2.45, 2.75) is 18.6 Å². The van der Waals surface area contributed by atoms with Gasteiger partial charge in [0.15, 0.2) is 0 Å². The van der Waals surface area contributed by atoms with Crippen LogP contribution in [0.3, 0.4) is 0 Å². The molecule has 1 amide bonds. The Labute approximate surface area is 121 Å². The first-order valence-electron chi connectivity index (χ1n) is 6.59. The predicted octanol–water partition coefficient (Wildman–Crippen LogP) is 0.677. The zero-order chi connectivity index (χ0) is 14.8. The molecule has 0 aliphatic carbocycles. The average molecular weight is 292 g/mol. The number of hydrogen-bond donors (Lipinski definition) is 1. The average Bonchev–Trinajstić information content (AvgIpc) is 3.17. The molecule has 0 bridgehead atoms. The van der Waals surface area contributed by atoms with E-state index in [1.54, 1.807) is 10.9 Å². The maximum atomic E-state index is 12.1. The predicted molar refractivity (Wildman–Crippen MR) is 70.8 cm³/mol. The summed E-state index contributed by atoms with van der Waals surface area (Å²) >= 11 is 0. The number of nitrogens with one attached hydrogen (secondary N) is 1. The molecule has 0 saturated carbocycles. The molecule has 2 aromatic heterocycles. The van der Waals surface area contributed by atoms with E-state index in [4.69, 9.17) is 14.0 Å². The second kappa shape index (κ2) is 5.57. The first-order valence-corrected chi connectivity index (χ1v) is 6.59. The van der Waals surface area contributed by atoms with Gasteiger partial charge in [-0.05, 0) is 11.6 Å². The van der Waals surface area contributed by atoms with Gasteiger partial charge in [-0.2, -0.15) is 5.10 Å². The van der Waals surface area contributed by atoms with Gasteiger partial charge in [0.25, 0.3) is 11.8 Å². The minimum absolute atomic E-state index is 0.115. The molecule has 0 radical (unpaired) electrons. The Morgan fingerprint density at radius 3 is 3.10 bits per heavy atom. The summed E-state index contributed by atoms with van der Waals surface area (Å²) < 4.78 is 17.2. The monoisotopic (exact) mass is 292 g/mol. The second-order valence-electron chi connectivity index (χ2n) is 4.84. The minimum Gasteiger partial charge on any atom is -0.479 e. The number of hydrogen-bond acceptors (Lipinski definition) is 6. The molecule has 8 nitrogen and oxygen atoms in total. The van der Waals surface area contributed by atoms with Crippen LogP contribution in [0.15, 0.2) is 23.0 Å². The third-order valence-corrected chi connectivity index (χ3v) is 3.38. The maximum absolute atomic E-state index is 12.1. The standard InChI is InChI=1S/C13H16N4O4/c1-17-7-8(6-14-17)12-9(3-4-20-12)15-13(18)10-5-11(19-2)16-21-10/h5-7,9,12H,3-4H2,1-2H3,(H,15,18)/t9-,12+/m0/s1. The first-order chi connectivity index (χ1) is 10.2. The molecular formula is C13H16N4O4. The van der Waals surface area contributed by atoms with Crippen molar-refractivity contribution < 1.29 is 18.8 Å². The van der Waals surface area contributed by atoms with Crippen LogP contribution in [0.5, 0.6) is 5.88 Å². The molecular weight excluding hydrogens is 276 g/mol. The van der Waals surface area contributed by atoms with Crippen molar-refractivity contribution in [3.05, 3.63) is 29.8 Å². The fraction of sp³-hybridized carbons (Fsp3) is 0.462. The SMILES string of the molecule is COc1cc(C(=O)N[C@H]2CCO[C@@H]2c2cnn(C)c2)on1. The quantitative estimate of drug-likeness (QED) is 0.891. The van der Waals surface area contributed by atoms with Crippen LogP contribution in [-0.4, -0.2) is 40.6 Å². The molecule has 8 heteroatoms. The number of carbonyl (C=O) groups is 1. The van der Waals surface area contributed by atoms with Crippen LogP contribution in [0.25, 0.3) is 0 Å². The topological polar surface area (TPSA) is 91.4 Å². The van der Waals surface area contributed by atoms with Gasteiger partial charge in [0, 0.05) is 25.4 Å². The second-order valence-corrected chi connectivity index (χ2v) is 4.84. The fourth-order valence-corrected chi connectivity index (χ4v) is 2.35. The van der Waals surface area contributed by atoms with E-state index in [2.05, 4.69) is 15.6 Å². The number of nitrogens with zero attached hydrogens (tertiary/aromatic N) is 3. The molecule has 0 aromatic carbocycles. The highest BCUT2D eigenvalue weighted by atomic mass is 16.5. The number of aryl methyl sites for hydroxylation is 1. The highest BCUT2D eigenvalue weighted by molar-refractivity contribution is 5.91. The lowest BCUT2D eigenvalue weighted by molar-refractivity contribution is 0.0794. The number of rotatable bonds is 4. The maximum Gasteiger partial charge on any atom is 0.290 e. The van der Waals surface area contributed by atoms with Crippen LogP contribution < -0.4 is 10.1 Å². The molecule has 1 aliphatic heterocycles. The minimum atomic E-state index is -0.338. The Balaban J connectivity index is 1.69. The smallest absolute Gasteiger partial charge is 0.290 e. The molecule has 1 fully saturated rings. The number of aromatic nitrogens is 3. The van der Waals surface area contributed by atoms with Crippen molar-refractivity contribution in [1.29, 1.82) is 0 Å². The Bertz CT molecular complexity index is 636. The summed E-state index contributed by atoms with van der Waals surface area (Å²) in [7, 11) is 3.30. The fourth-order valence-electron chi connectivity index (χ4n) is 2.35. The van der Waals surface area contributed by atoms with E-state index in [0.29, 0.717) is 6.61 Å². The molecule has 112 valence electrons. The molecule has 0 unspecified atom stereocenters. The van der Waals surface area contributed by atoms with Gasteiger partial charge in [0.05, 0.1) is 25.4 Å². The van der Waals surface area contributed by atoms with E-state index in [0.717, 1.165) is 12.0 Å². The van der Waals surface area contributed by atoms with Crippen molar-refractivity contribution >= 4 is 5.91 Å². The zero-order valence-corrected chi connectivity index (χ0v) is 11.8. The summed E-state index contributed by atoms with van der Waals surface area (Å²) in [6.07, 6.45) is 4.16. The van der Waals surface area contributed by atoms with Gasteiger partial charge in [0.2, 0.25) is 5.76 Å². The lowest BCUT2D eigenvalue weighted by Crippen LogP contribution is -2.36. The van der Waals surface area contributed by atoms with Crippen LogP contribution in [0, 0.1) is 0 Å². The van der Waals surface area contributed by atoms with E-state index in [1.165, 1.54) is 13.2 Å². The lowest BCUT2D eigenvalue weighted by Gasteiger charge is -2.17. The lowest BCUT2D eigenvalue weighted by atomic mass is 10.1. The van der Waals surface area contributed by atoms with Crippen molar-refractivity contribution in [3.63, 3.8) is 0 Å². The molecule has 3 heterocycles. The van der Waals surface area contributed by atoms with E-state index in [1.807, 2.05) is 13.2 Å². The summed E-state index contributed by atoms with van der Waals surface area (Å²) in [5, 5.41) is 10.6. The Morgan fingerprint density at radius 1 is 1.57 bits per heavy atom. The third-order valence-electron chi connectivity index (χ3n) is 3.38. The number of amides is 1. The summed E-state index contributed by atoms with van der Waals surface area (Å²) in [6.45, 7) is 0.588. The van der Waals surface area contributed by atoms with Crippen LogP contribution in [0.4, 0.5) is 0 Å². The first kappa shape index (κ1) is 13.6. The Morgan fingerprint density at radius 2 is 2.43 bits per heavy atom. The van der Waals surface area contributed by atoms with E-state index in [9.17, 15) is 4.79 Å². The van der Waals surface area contributed by atoms with Gasteiger partial charge in [-0.15, -0.1) is 0 Å². The van der Waals surface area contributed by atoms with Crippen LogP contribution in [0.2, 0.25) is 0 Å². The van der Waals surface area contributed by atoms with E-state index >= 15 is 0 Å². The molecule has 1 aliphatic rings. The summed E-state index contributed by atoms with van der Waals surface area (Å²) in [4.78, 5) is 12.1. The van der Waals surface area contributed by atoms with Crippen LogP contribution >= 0.6 is 0 Å². The normalized spacial score (nSPS) is 21.4. The molecule has 2 atom stereocenters. The van der Waals surface area contributed by atoms with Crippen LogP contribution in [0.1, 0.15) is 28.6 Å². The highest BCUT2D eigenvalue weighted by Gasteiger charge is 2.32. The number of ether oxygens (including phenoxy) is 2. The van der Waals surface area contributed by atoms with Gasteiger partial charge in [-0.1, -0.05) is 0 Å². The molecule has 21 heavy (non-hydrogen) atoms. The molecule has 1 N–H and O–H groups in total. The molecule has 2 aromatic rings. The van der Waals surface area contributed by atoms with Crippen molar-refractivity contribution in [2.75, 3.05) is 13.7 Å². The van der Waals surface area contributed by atoms with Gasteiger partial charge in [0.1, 0.15) is 6.10 Å². The molecule has 3 rings (SSSR count). The van der Waals surface area contributed by atoms with Gasteiger partial charge >= 0.3 is 0 Å². The zero-order valence-electron chi connectivity index (χ0n) is 11.8. The van der Waals surface area contributed by atoms with Crippen molar-refractivity contribution in [2.24, 2.45) is 7.05 Å². The summed E-state index contributed by atoms with van der Waals surface area (Å²) in [5.74, 6) is 0.0468. The third kappa shape index (κ3) is 2.75. The van der Waals surface area contributed by atoms with E-state index in [-0.39, 0.29) is 29.7 Å². The highest BCUT2D eigenvalue weighted by Crippen LogP contribution is 2.29. The Kier molecular flexibility index (Phi) is 3.61. The van der Waals surface area contributed by atoms with E-state index < -0.39 is 0 Å². The Hall–Kier alpha value is -2.35. The van der Waals surface area contributed by atoms with Gasteiger partial charge < -0.3 is 19.3 Å². The summed E-state index contributed by atoms with van der Waals surface area (Å²) in [5.41, 5.74) is 0.940. The summed E-state index contributed by atoms with van der Waals surface area (Å²) in [6, 6.07) is 1.32. The van der Waals surface area contributed by atoms with Crippen molar-refractivity contribution in [3.8, 4) is 5.88 Å².